The molecule has 104 valence electrons. The van der Waals surface area contributed by atoms with Gasteiger partial charge in [0.25, 0.3) is 0 Å². The molecule has 18 heavy (non-hydrogen) atoms. The molecule has 5 nitrogen and oxygen atoms in total. The Kier molecular flexibility index (Phi) is 4.92. The van der Waals surface area contributed by atoms with Crippen molar-refractivity contribution in [3.63, 3.8) is 0 Å². The maximum atomic E-state index is 11.1. The van der Waals surface area contributed by atoms with Gasteiger partial charge in [0.15, 0.2) is 0 Å². The van der Waals surface area contributed by atoms with Crippen LogP contribution in [0.3, 0.4) is 0 Å². The Bertz CT molecular complexity index is 337. The van der Waals surface area contributed by atoms with Gasteiger partial charge in [0.1, 0.15) is 11.5 Å². The van der Waals surface area contributed by atoms with Gasteiger partial charge in [0, 0.05) is 23.1 Å². The van der Waals surface area contributed by atoms with Crippen molar-refractivity contribution >= 4 is 17.7 Å². The highest BCUT2D eigenvalue weighted by Gasteiger charge is 2.26. The topological polar surface area (TPSA) is 64.6 Å². The van der Waals surface area contributed by atoms with Gasteiger partial charge in [-0.2, -0.15) is 0 Å². The summed E-state index contributed by atoms with van der Waals surface area (Å²) < 4.78 is 0.154. The second-order valence-corrected chi connectivity index (χ2v) is 7.54. The van der Waals surface area contributed by atoms with Gasteiger partial charge in [-0.05, 0) is 14.1 Å². The smallest absolute Gasteiger partial charge is 0.321 e. The quantitative estimate of drug-likeness (QED) is 0.700. The Labute approximate surface area is 113 Å². The molecule has 0 spiro atoms. The summed E-state index contributed by atoms with van der Waals surface area (Å²) in [7, 11) is 3.56. The summed E-state index contributed by atoms with van der Waals surface area (Å²) in [6.07, 6.45) is 2.36. The zero-order chi connectivity index (χ0) is 13.9. The number of carbonyl (C=O) groups is 1. The zero-order valence-electron chi connectivity index (χ0n) is 11.7. The Balaban J connectivity index is 2.49. The third-order valence-corrected chi connectivity index (χ3v) is 3.72. The number of hydrogen-bond acceptors (Lipinski definition) is 5. The normalized spacial score (nSPS) is 21.2. The van der Waals surface area contributed by atoms with E-state index in [1.165, 1.54) is 0 Å². The number of hydrogen-bond donors (Lipinski definition) is 3. The van der Waals surface area contributed by atoms with Gasteiger partial charge in [0.05, 0.1) is 0 Å². The molecular formula is C12H23N3O2S. The van der Waals surface area contributed by atoms with E-state index in [1.54, 1.807) is 30.8 Å². The molecule has 0 aliphatic carbocycles. The van der Waals surface area contributed by atoms with Crippen molar-refractivity contribution in [2.45, 2.75) is 43.5 Å². The predicted molar refractivity (Wildman–Crippen MR) is 75.2 cm³/mol. The Morgan fingerprint density at radius 3 is 2.61 bits per heavy atom. The molecule has 0 radical (unpaired) electrons. The van der Waals surface area contributed by atoms with Gasteiger partial charge in [-0.15, -0.1) is 11.8 Å². The van der Waals surface area contributed by atoms with Crippen LogP contribution in [0.1, 0.15) is 27.2 Å². The van der Waals surface area contributed by atoms with Crippen molar-refractivity contribution in [3.05, 3.63) is 11.9 Å². The van der Waals surface area contributed by atoms with E-state index in [2.05, 4.69) is 31.4 Å². The fourth-order valence-corrected chi connectivity index (χ4v) is 2.72. The minimum atomic E-state index is -0.797. The average molecular weight is 273 g/mol. The van der Waals surface area contributed by atoms with Gasteiger partial charge in [-0.25, -0.2) is 0 Å². The molecule has 0 bridgehead atoms. The predicted octanol–water partition coefficient (Wildman–Crippen LogP) is 1.24. The van der Waals surface area contributed by atoms with Gasteiger partial charge < -0.3 is 15.7 Å². The van der Waals surface area contributed by atoms with Crippen molar-refractivity contribution in [1.82, 2.24) is 15.5 Å². The van der Waals surface area contributed by atoms with Crippen LogP contribution in [0.5, 0.6) is 0 Å². The number of thioether (sulfide) groups is 1. The minimum absolute atomic E-state index is 0.122. The summed E-state index contributed by atoms with van der Waals surface area (Å²) in [6.45, 7) is 6.46. The molecule has 2 atom stereocenters. The fraction of sp³-hybridized carbons (Fsp3) is 0.750. The van der Waals surface area contributed by atoms with Gasteiger partial charge >= 0.3 is 5.97 Å². The molecule has 1 unspecified atom stereocenters. The molecule has 1 aliphatic heterocycles. The van der Waals surface area contributed by atoms with Gasteiger partial charge in [-0.3, -0.25) is 9.69 Å². The van der Waals surface area contributed by atoms with Crippen LogP contribution in [0.25, 0.3) is 0 Å². The summed E-state index contributed by atoms with van der Waals surface area (Å²) in [4.78, 5) is 12.8. The van der Waals surface area contributed by atoms with Crippen LogP contribution in [0.4, 0.5) is 0 Å². The molecule has 0 fully saturated rings. The summed E-state index contributed by atoms with van der Waals surface area (Å²) in [6, 6.07) is -0.496. The van der Waals surface area contributed by atoms with E-state index < -0.39 is 12.0 Å². The first-order valence-corrected chi connectivity index (χ1v) is 6.86. The van der Waals surface area contributed by atoms with Crippen LogP contribution in [-0.4, -0.2) is 46.4 Å². The number of likely N-dealkylation sites (N-methyl/N-ethyl adjacent to an activating group) is 1. The lowest BCUT2D eigenvalue weighted by Crippen LogP contribution is -2.38. The number of aliphatic carboxylic acids is 1. The van der Waals surface area contributed by atoms with Gasteiger partial charge in [0.2, 0.25) is 0 Å². The lowest BCUT2D eigenvalue weighted by Gasteiger charge is -2.25. The Morgan fingerprint density at radius 1 is 1.56 bits per heavy atom. The van der Waals surface area contributed by atoms with E-state index >= 15 is 0 Å². The first-order chi connectivity index (χ1) is 8.19. The van der Waals surface area contributed by atoms with Crippen LogP contribution >= 0.6 is 11.8 Å². The standard InChI is InChI=1S/C12H23N3O2S/c1-12(2,3)18-11-13-7-8(14-11)6-9(10(16)17)15(4)5/h7,9,11,13-14H,6H2,1-5H3,(H,16,17)/t9-,11?/m0/s1. The van der Waals surface area contributed by atoms with E-state index in [0.717, 1.165) is 5.70 Å². The number of nitrogens with zero attached hydrogens (tertiary/aromatic N) is 1. The Morgan fingerprint density at radius 2 is 2.17 bits per heavy atom. The summed E-state index contributed by atoms with van der Waals surface area (Å²) in [5.41, 5.74) is 1.06. The van der Waals surface area contributed by atoms with Crippen molar-refractivity contribution in [2.75, 3.05) is 14.1 Å². The average Bonchev–Trinajstić information content (AvgIpc) is 2.58. The van der Waals surface area contributed by atoms with E-state index in [-0.39, 0.29) is 10.2 Å². The third kappa shape index (κ3) is 4.78. The molecule has 0 aromatic heterocycles. The van der Waals surface area contributed by atoms with Crippen LogP contribution in [0.15, 0.2) is 11.9 Å². The highest BCUT2D eigenvalue weighted by molar-refractivity contribution is 8.01. The van der Waals surface area contributed by atoms with Crippen LogP contribution < -0.4 is 10.6 Å². The number of carboxylic acids is 1. The molecule has 1 aliphatic rings. The number of rotatable bonds is 5. The fourth-order valence-electron chi connectivity index (χ4n) is 1.66. The Hall–Kier alpha value is -0.880. The maximum absolute atomic E-state index is 11.1. The molecule has 0 saturated heterocycles. The lowest BCUT2D eigenvalue weighted by atomic mass is 10.1. The first kappa shape index (κ1) is 15.2. The van der Waals surface area contributed by atoms with E-state index in [0.29, 0.717) is 6.42 Å². The molecule has 1 rings (SSSR count). The minimum Gasteiger partial charge on any atom is -0.480 e. The molecule has 0 aromatic carbocycles. The molecule has 3 N–H and O–H groups in total. The summed E-state index contributed by atoms with van der Waals surface area (Å²) in [5.74, 6) is -0.797. The van der Waals surface area contributed by atoms with E-state index in [1.807, 2.05) is 6.20 Å². The lowest BCUT2D eigenvalue weighted by molar-refractivity contribution is -0.142. The monoisotopic (exact) mass is 273 g/mol. The first-order valence-electron chi connectivity index (χ1n) is 5.98. The van der Waals surface area contributed by atoms with Crippen LogP contribution in [-0.2, 0) is 4.79 Å². The van der Waals surface area contributed by atoms with Crippen molar-refractivity contribution < 1.29 is 9.90 Å². The summed E-state index contributed by atoms with van der Waals surface area (Å²) >= 11 is 1.78. The molecule has 1 heterocycles. The summed E-state index contributed by atoms with van der Waals surface area (Å²) in [5, 5.41) is 15.7. The largest absolute Gasteiger partial charge is 0.480 e. The second-order valence-electron chi connectivity index (χ2n) is 5.61. The zero-order valence-corrected chi connectivity index (χ0v) is 12.5. The SMILES string of the molecule is CN(C)[C@@H](CC1=CNC(SC(C)(C)C)N1)C(=O)O. The number of carboxylic acid groups (broad SMARTS) is 1. The van der Waals surface area contributed by atoms with Crippen molar-refractivity contribution in [1.29, 1.82) is 0 Å². The highest BCUT2D eigenvalue weighted by atomic mass is 32.2. The van der Waals surface area contributed by atoms with Crippen molar-refractivity contribution in [3.8, 4) is 0 Å². The second kappa shape index (κ2) is 5.84. The van der Waals surface area contributed by atoms with Crippen LogP contribution in [0, 0.1) is 0 Å². The molecule has 0 aromatic rings. The molecule has 0 saturated carbocycles. The van der Waals surface area contributed by atoms with E-state index in [4.69, 9.17) is 5.11 Å². The van der Waals surface area contributed by atoms with E-state index in [9.17, 15) is 4.79 Å². The molecule has 0 amide bonds. The maximum Gasteiger partial charge on any atom is 0.321 e. The van der Waals surface area contributed by atoms with Gasteiger partial charge in [-0.1, -0.05) is 20.8 Å². The van der Waals surface area contributed by atoms with Crippen LogP contribution in [0.2, 0.25) is 0 Å². The third-order valence-electron chi connectivity index (χ3n) is 2.52. The number of nitrogens with one attached hydrogen (secondary N) is 2. The van der Waals surface area contributed by atoms with Crippen molar-refractivity contribution in [2.24, 2.45) is 0 Å². The highest BCUT2D eigenvalue weighted by Crippen LogP contribution is 2.28. The molecular weight excluding hydrogens is 250 g/mol. The molecule has 6 heteroatoms.